The summed E-state index contributed by atoms with van der Waals surface area (Å²) in [6.07, 6.45) is 0. The molecule has 0 aromatic heterocycles. The van der Waals surface area contributed by atoms with Crippen molar-refractivity contribution in [3.63, 3.8) is 0 Å². The van der Waals surface area contributed by atoms with E-state index in [1.54, 1.807) is 0 Å². The van der Waals surface area contributed by atoms with Crippen LogP contribution in [0.15, 0.2) is 33.2 Å². The molecule has 2 aromatic rings. The van der Waals surface area contributed by atoms with Gasteiger partial charge in [0.15, 0.2) is 0 Å². The molecule has 0 spiro atoms. The van der Waals surface area contributed by atoms with Crippen LogP contribution >= 0.6 is 40.1 Å². The number of halogens is 2. The molecule has 0 atom stereocenters. The second-order valence-electron chi connectivity index (χ2n) is 5.81. The van der Waals surface area contributed by atoms with Gasteiger partial charge in [0, 0.05) is 13.5 Å². The first kappa shape index (κ1) is 19.7. The van der Waals surface area contributed by atoms with Gasteiger partial charge in [0.25, 0.3) is 0 Å². The van der Waals surface area contributed by atoms with E-state index < -0.39 is 8.25 Å². The number of hydrogen-bond acceptors (Lipinski definition) is 3. The highest BCUT2D eigenvalue weighted by molar-refractivity contribution is 9.10. The van der Waals surface area contributed by atoms with E-state index in [0.29, 0.717) is 0 Å². The van der Waals surface area contributed by atoms with E-state index in [-0.39, 0.29) is 13.2 Å². The van der Waals surface area contributed by atoms with Gasteiger partial charge >= 0.3 is 8.25 Å². The molecule has 2 rings (SSSR count). The van der Waals surface area contributed by atoms with Crippen LogP contribution in [-0.2, 0) is 26.8 Å². The maximum atomic E-state index is 12.1. The van der Waals surface area contributed by atoms with E-state index in [9.17, 15) is 4.57 Å². The van der Waals surface area contributed by atoms with E-state index in [2.05, 4.69) is 31.9 Å². The fourth-order valence-electron chi connectivity index (χ4n) is 2.61. The van der Waals surface area contributed by atoms with E-state index in [0.717, 1.165) is 42.3 Å². The quantitative estimate of drug-likeness (QED) is 0.430. The highest BCUT2D eigenvalue weighted by atomic mass is 79.9. The molecule has 128 valence electrons. The maximum Gasteiger partial charge on any atom is 0.698 e. The topological polar surface area (TPSA) is 35.5 Å². The molecule has 24 heavy (non-hydrogen) atoms. The van der Waals surface area contributed by atoms with Crippen molar-refractivity contribution >= 4 is 40.1 Å². The molecule has 0 heterocycles. The summed E-state index contributed by atoms with van der Waals surface area (Å²) < 4.78 is 24.9. The van der Waals surface area contributed by atoms with Crippen molar-refractivity contribution < 1.29 is 13.6 Å². The summed E-state index contributed by atoms with van der Waals surface area (Å²) in [6, 6.07) is 8.09. The normalized spacial score (nSPS) is 10.9. The minimum Gasteiger partial charge on any atom is -0.114 e. The van der Waals surface area contributed by atoms with Gasteiger partial charge in [-0.1, -0.05) is 31.9 Å². The Morgan fingerprint density at radius 3 is 1.33 bits per heavy atom. The first-order valence-corrected chi connectivity index (χ1v) is 10.2. The van der Waals surface area contributed by atoms with Gasteiger partial charge < -0.3 is 0 Å². The van der Waals surface area contributed by atoms with Crippen molar-refractivity contribution in [1.29, 1.82) is 0 Å². The Kier molecular flexibility index (Phi) is 7.14. The largest absolute Gasteiger partial charge is 0.698 e. The predicted molar refractivity (Wildman–Crippen MR) is 104 cm³/mol. The van der Waals surface area contributed by atoms with Gasteiger partial charge in [-0.05, 0) is 85.3 Å². The van der Waals surface area contributed by atoms with Crippen molar-refractivity contribution in [2.75, 3.05) is 0 Å². The monoisotopic (exact) mass is 473 g/mol. The fourth-order valence-corrected chi connectivity index (χ4v) is 4.53. The molecule has 2 aromatic carbocycles. The van der Waals surface area contributed by atoms with Crippen LogP contribution in [0, 0.1) is 27.7 Å². The number of hydrogen-bond donors (Lipinski definition) is 0. The summed E-state index contributed by atoms with van der Waals surface area (Å²) in [7, 11) is -2.17. The van der Waals surface area contributed by atoms with Crippen LogP contribution in [0.4, 0.5) is 0 Å². The standard InChI is InChI=1S/C18H20Br2O3P/c1-11-5-15(19)6-12(2)17(11)9-22-24(21)23-10-18-13(3)7-16(20)8-14(18)4/h5-8H,9-10H2,1-4H3/q+1. The van der Waals surface area contributed by atoms with E-state index >= 15 is 0 Å². The predicted octanol–water partition coefficient (Wildman–Crippen LogP) is 6.84. The van der Waals surface area contributed by atoms with Gasteiger partial charge in [-0.3, -0.25) is 0 Å². The van der Waals surface area contributed by atoms with Crippen molar-refractivity contribution in [2.24, 2.45) is 0 Å². The lowest BCUT2D eigenvalue weighted by Crippen LogP contribution is -1.98. The molecule has 0 N–H and O–H groups in total. The molecule has 0 fully saturated rings. The summed E-state index contributed by atoms with van der Waals surface area (Å²) in [5.74, 6) is 0. The Morgan fingerprint density at radius 2 is 1.04 bits per heavy atom. The average molecular weight is 475 g/mol. The van der Waals surface area contributed by atoms with Crippen molar-refractivity contribution in [3.05, 3.63) is 66.6 Å². The zero-order chi connectivity index (χ0) is 17.9. The first-order valence-electron chi connectivity index (χ1n) is 7.52. The molecular formula is C18H20Br2O3P+. The number of benzene rings is 2. The highest BCUT2D eigenvalue weighted by Crippen LogP contribution is 2.31. The third-order valence-electron chi connectivity index (χ3n) is 3.95. The van der Waals surface area contributed by atoms with E-state index in [1.165, 1.54) is 0 Å². The number of rotatable bonds is 6. The summed E-state index contributed by atoms with van der Waals surface area (Å²) >= 11 is 6.94. The Balaban J connectivity index is 1.96. The van der Waals surface area contributed by atoms with Crippen molar-refractivity contribution in [3.8, 4) is 0 Å². The Hall–Kier alpha value is -0.580. The third kappa shape index (κ3) is 5.21. The van der Waals surface area contributed by atoms with Crippen molar-refractivity contribution in [1.82, 2.24) is 0 Å². The second kappa shape index (κ2) is 8.68. The molecule has 0 aliphatic rings. The molecule has 0 saturated heterocycles. The minimum atomic E-state index is -2.17. The van der Waals surface area contributed by atoms with Crippen LogP contribution in [0.3, 0.4) is 0 Å². The lowest BCUT2D eigenvalue weighted by Gasteiger charge is -2.08. The summed E-state index contributed by atoms with van der Waals surface area (Å²) in [5, 5.41) is 0. The molecule has 0 radical (unpaired) electrons. The molecule has 3 nitrogen and oxygen atoms in total. The summed E-state index contributed by atoms with van der Waals surface area (Å²) in [4.78, 5) is 0. The molecule has 0 aliphatic carbocycles. The molecule has 0 unspecified atom stereocenters. The first-order chi connectivity index (χ1) is 11.3. The summed E-state index contributed by atoms with van der Waals surface area (Å²) in [6.45, 7) is 8.60. The second-order valence-corrected chi connectivity index (χ2v) is 8.60. The van der Waals surface area contributed by atoms with Gasteiger partial charge in [0.1, 0.15) is 13.2 Å². The summed E-state index contributed by atoms with van der Waals surface area (Å²) in [5.41, 5.74) is 6.49. The Bertz CT molecular complexity index is 665. The fraction of sp³-hybridized carbons (Fsp3) is 0.333. The SMILES string of the molecule is Cc1cc(Br)cc(C)c1CO[P+](=O)OCc1c(C)cc(Br)cc1C. The van der Waals surface area contributed by atoms with Crippen LogP contribution in [-0.4, -0.2) is 0 Å². The molecule has 0 aliphatic heterocycles. The van der Waals surface area contributed by atoms with Gasteiger partial charge in [0.2, 0.25) is 0 Å². The van der Waals surface area contributed by atoms with Gasteiger partial charge in [-0.15, -0.1) is 9.05 Å². The van der Waals surface area contributed by atoms with Crippen molar-refractivity contribution in [2.45, 2.75) is 40.9 Å². The molecular weight excluding hydrogens is 455 g/mol. The van der Waals surface area contributed by atoms with Crippen LogP contribution in [0.25, 0.3) is 0 Å². The van der Waals surface area contributed by atoms with Gasteiger partial charge in [0.05, 0.1) is 0 Å². The van der Waals surface area contributed by atoms with Crippen LogP contribution in [0.1, 0.15) is 33.4 Å². The molecule has 0 amide bonds. The zero-order valence-electron chi connectivity index (χ0n) is 14.2. The smallest absolute Gasteiger partial charge is 0.114 e. The highest BCUT2D eigenvalue weighted by Gasteiger charge is 2.23. The third-order valence-corrected chi connectivity index (χ3v) is 5.55. The average Bonchev–Trinajstić information content (AvgIpc) is 2.44. The Morgan fingerprint density at radius 1 is 0.750 bits per heavy atom. The lowest BCUT2D eigenvalue weighted by atomic mass is 10.0. The van der Waals surface area contributed by atoms with Crippen LogP contribution < -0.4 is 0 Å². The van der Waals surface area contributed by atoms with E-state index in [4.69, 9.17) is 9.05 Å². The van der Waals surface area contributed by atoms with E-state index in [1.807, 2.05) is 52.0 Å². The van der Waals surface area contributed by atoms with Crippen LogP contribution in [0.5, 0.6) is 0 Å². The van der Waals surface area contributed by atoms with Gasteiger partial charge in [-0.2, -0.15) is 0 Å². The molecule has 6 heteroatoms. The lowest BCUT2D eigenvalue weighted by molar-refractivity contribution is 0.212. The Labute approximate surface area is 161 Å². The zero-order valence-corrected chi connectivity index (χ0v) is 18.2. The van der Waals surface area contributed by atoms with Gasteiger partial charge in [-0.25, -0.2) is 0 Å². The molecule has 0 bridgehead atoms. The minimum absolute atomic E-state index is 0.276. The number of aryl methyl sites for hydroxylation is 4. The maximum absolute atomic E-state index is 12.1. The van der Waals surface area contributed by atoms with Crippen LogP contribution in [0.2, 0.25) is 0 Å². The molecule has 0 saturated carbocycles.